The van der Waals surface area contributed by atoms with Crippen LogP contribution in [-0.4, -0.2) is 71.6 Å². The summed E-state index contributed by atoms with van der Waals surface area (Å²) in [6.07, 6.45) is 4.44. The molecule has 2 fully saturated rings. The van der Waals surface area contributed by atoms with Crippen LogP contribution in [0.2, 0.25) is 0 Å². The third-order valence-electron chi connectivity index (χ3n) is 5.68. The second kappa shape index (κ2) is 14.7. The number of carbonyl (C=O) groups is 5. The molecule has 0 aliphatic carbocycles. The fourth-order valence-corrected chi connectivity index (χ4v) is 4.42. The summed E-state index contributed by atoms with van der Waals surface area (Å²) in [5.74, 6) is -3.36. The van der Waals surface area contributed by atoms with E-state index in [2.05, 4.69) is 20.8 Å². The number of imide groups is 1. The summed E-state index contributed by atoms with van der Waals surface area (Å²) < 4.78 is 32.9. The number of hydrogen-bond acceptors (Lipinski definition) is 9. The molecular formula is C20H31N4NaO9S. The Bertz CT molecular complexity index is 899. The molecule has 13 nitrogen and oxygen atoms in total. The van der Waals surface area contributed by atoms with Gasteiger partial charge in [-0.25, -0.2) is 18.0 Å². The Morgan fingerprint density at radius 3 is 2.31 bits per heavy atom. The third kappa shape index (κ3) is 10.4. The second-order valence-corrected chi connectivity index (χ2v) is 10.0. The van der Waals surface area contributed by atoms with Crippen molar-refractivity contribution < 1.29 is 71.3 Å². The summed E-state index contributed by atoms with van der Waals surface area (Å²) in [6, 6.07) is 0.0934. The van der Waals surface area contributed by atoms with Gasteiger partial charge in [0.15, 0.2) is 0 Å². The first-order valence-electron chi connectivity index (χ1n) is 11.3. The van der Waals surface area contributed by atoms with Gasteiger partial charge >= 0.3 is 41.6 Å². The summed E-state index contributed by atoms with van der Waals surface area (Å²) >= 11 is 0. The van der Waals surface area contributed by atoms with Crippen LogP contribution in [0, 0.1) is 0 Å². The standard InChI is InChI=1S/C20H32N4O9S.Na/c1-13-14(23-20(29)22-13)8-4-2-5-9-16(25)21-11-7-3-6-10-18(27)33-24-17(26)12-15(19(24)28)34(30,31)32;/h13-15H,2-12H2,1H3,(H,21,25)(H2,22,23,29)(H,30,31,32);/q;+1/p-1/t13-,14+,15?;/m0./s1. The topological polar surface area (TPSA) is 191 Å². The second-order valence-electron chi connectivity index (χ2n) is 8.45. The number of unbranched alkanes of at least 4 members (excludes halogenated alkanes) is 4. The molecular weight excluding hydrogens is 495 g/mol. The van der Waals surface area contributed by atoms with Crippen LogP contribution in [0.1, 0.15) is 71.1 Å². The van der Waals surface area contributed by atoms with Gasteiger partial charge in [-0.2, -0.15) is 0 Å². The molecule has 2 aliphatic heterocycles. The molecule has 3 N–H and O–H groups in total. The Hall–Kier alpha value is -1.74. The summed E-state index contributed by atoms with van der Waals surface area (Å²) in [6.45, 7) is 2.39. The van der Waals surface area contributed by atoms with Crippen LogP contribution in [0.3, 0.4) is 0 Å². The van der Waals surface area contributed by atoms with Crippen molar-refractivity contribution in [1.29, 1.82) is 0 Å². The Morgan fingerprint density at radius 1 is 1.06 bits per heavy atom. The van der Waals surface area contributed by atoms with Gasteiger partial charge in [0.25, 0.3) is 11.8 Å². The molecule has 5 amide bonds. The van der Waals surface area contributed by atoms with E-state index in [0.29, 0.717) is 32.2 Å². The van der Waals surface area contributed by atoms with Gasteiger partial charge in [-0.15, -0.1) is 5.06 Å². The molecule has 15 heteroatoms. The maximum Gasteiger partial charge on any atom is 1.00 e. The van der Waals surface area contributed by atoms with E-state index in [-0.39, 0.29) is 65.1 Å². The molecule has 2 saturated heterocycles. The van der Waals surface area contributed by atoms with Crippen molar-refractivity contribution in [3.63, 3.8) is 0 Å². The molecule has 0 spiro atoms. The number of amides is 5. The van der Waals surface area contributed by atoms with Gasteiger partial charge in [-0.05, 0) is 32.6 Å². The molecule has 0 aromatic carbocycles. The fraction of sp³-hybridized carbons (Fsp3) is 0.750. The summed E-state index contributed by atoms with van der Waals surface area (Å²) in [7, 11) is -5.01. The number of rotatable bonds is 14. The van der Waals surface area contributed by atoms with Crippen molar-refractivity contribution in [2.45, 2.75) is 88.5 Å². The van der Waals surface area contributed by atoms with E-state index in [1.807, 2.05) is 6.92 Å². The van der Waals surface area contributed by atoms with E-state index in [0.717, 1.165) is 25.7 Å². The van der Waals surface area contributed by atoms with E-state index in [1.54, 1.807) is 0 Å². The van der Waals surface area contributed by atoms with Crippen molar-refractivity contribution in [1.82, 2.24) is 21.0 Å². The zero-order valence-electron chi connectivity index (χ0n) is 20.0. The number of carbonyl (C=O) groups excluding carboxylic acids is 5. The van der Waals surface area contributed by atoms with Gasteiger partial charge < -0.3 is 25.3 Å². The van der Waals surface area contributed by atoms with E-state index in [9.17, 15) is 36.9 Å². The summed E-state index contributed by atoms with van der Waals surface area (Å²) in [5, 5.41) is 6.44. The third-order valence-corrected chi connectivity index (χ3v) is 6.75. The van der Waals surface area contributed by atoms with Gasteiger partial charge in [-0.3, -0.25) is 14.4 Å². The van der Waals surface area contributed by atoms with Crippen LogP contribution in [-0.2, 0) is 34.1 Å². The minimum Gasteiger partial charge on any atom is -0.747 e. The minimum absolute atomic E-state index is 0. The molecule has 3 atom stereocenters. The Kier molecular flexibility index (Phi) is 13.2. The molecule has 1 unspecified atom stereocenters. The van der Waals surface area contributed by atoms with Gasteiger partial charge in [0.05, 0.1) is 12.5 Å². The molecule has 0 aromatic rings. The van der Waals surface area contributed by atoms with Gasteiger partial charge in [0, 0.05) is 25.4 Å². The van der Waals surface area contributed by atoms with Crippen LogP contribution in [0.25, 0.3) is 0 Å². The summed E-state index contributed by atoms with van der Waals surface area (Å²) in [5.41, 5.74) is 0. The van der Waals surface area contributed by atoms with Gasteiger partial charge in [0.1, 0.15) is 15.4 Å². The maximum absolute atomic E-state index is 11.9. The average Bonchev–Trinajstić information content (AvgIpc) is 3.22. The molecule has 2 heterocycles. The van der Waals surface area contributed by atoms with Gasteiger partial charge in [-0.1, -0.05) is 19.3 Å². The molecule has 2 rings (SSSR count). The number of nitrogens with one attached hydrogen (secondary N) is 3. The first-order valence-corrected chi connectivity index (χ1v) is 12.8. The Morgan fingerprint density at radius 2 is 1.71 bits per heavy atom. The first kappa shape index (κ1) is 31.3. The zero-order chi connectivity index (χ0) is 25.3. The largest absolute Gasteiger partial charge is 1.00 e. The molecule has 35 heavy (non-hydrogen) atoms. The Balaban J connectivity index is 0.00000612. The predicted octanol–water partition coefficient (Wildman–Crippen LogP) is -3.18. The van der Waals surface area contributed by atoms with E-state index < -0.39 is 39.6 Å². The smallest absolute Gasteiger partial charge is 0.747 e. The predicted molar refractivity (Wildman–Crippen MR) is 116 cm³/mol. The number of nitrogens with zero attached hydrogens (tertiary/aromatic N) is 1. The normalized spacial score (nSPS) is 21.8. The monoisotopic (exact) mass is 526 g/mol. The van der Waals surface area contributed by atoms with Crippen LogP contribution >= 0.6 is 0 Å². The molecule has 0 radical (unpaired) electrons. The van der Waals surface area contributed by atoms with Crippen molar-refractivity contribution in [2.75, 3.05) is 6.54 Å². The van der Waals surface area contributed by atoms with Crippen LogP contribution in [0.15, 0.2) is 0 Å². The number of hydrogen-bond donors (Lipinski definition) is 3. The number of hydroxylamine groups is 2. The van der Waals surface area contributed by atoms with E-state index in [4.69, 9.17) is 0 Å². The summed E-state index contributed by atoms with van der Waals surface area (Å²) in [4.78, 5) is 62.9. The van der Waals surface area contributed by atoms with Crippen molar-refractivity contribution in [3.8, 4) is 0 Å². The molecule has 0 saturated carbocycles. The number of urea groups is 1. The molecule has 2 aliphatic rings. The van der Waals surface area contributed by atoms with Crippen molar-refractivity contribution in [3.05, 3.63) is 0 Å². The molecule has 192 valence electrons. The maximum atomic E-state index is 11.9. The van der Waals surface area contributed by atoms with E-state index in [1.165, 1.54) is 0 Å². The van der Waals surface area contributed by atoms with Crippen molar-refractivity contribution in [2.24, 2.45) is 0 Å². The van der Waals surface area contributed by atoms with Gasteiger partial charge in [0.2, 0.25) is 5.91 Å². The molecule has 0 aromatic heterocycles. The molecule has 0 bridgehead atoms. The fourth-order valence-electron chi connectivity index (χ4n) is 3.73. The Labute approximate surface area is 226 Å². The average molecular weight is 527 g/mol. The first-order chi connectivity index (χ1) is 16.0. The zero-order valence-corrected chi connectivity index (χ0v) is 22.9. The SMILES string of the molecule is C[C@@H]1NC(=O)N[C@@H]1CCCCCC(=O)NCCCCCC(=O)ON1C(=O)CC(S(=O)(=O)[O-])C1=O.[Na+]. The quantitative estimate of drug-likeness (QED) is 0.0906. The minimum atomic E-state index is -5.01. The van der Waals surface area contributed by atoms with E-state index >= 15 is 0 Å². The van der Waals surface area contributed by atoms with Crippen LogP contribution < -0.4 is 45.5 Å². The van der Waals surface area contributed by atoms with Crippen LogP contribution in [0.4, 0.5) is 4.79 Å². The van der Waals surface area contributed by atoms with Crippen molar-refractivity contribution >= 4 is 39.8 Å². The van der Waals surface area contributed by atoms with Crippen LogP contribution in [0.5, 0.6) is 0 Å².